The van der Waals surface area contributed by atoms with Gasteiger partial charge in [-0.1, -0.05) is 25.1 Å². The summed E-state index contributed by atoms with van der Waals surface area (Å²) >= 11 is 0. The van der Waals surface area contributed by atoms with Crippen molar-refractivity contribution in [1.29, 1.82) is 0 Å². The molecule has 1 aromatic heterocycles. The van der Waals surface area contributed by atoms with Gasteiger partial charge in [0.1, 0.15) is 0 Å². The average Bonchev–Trinajstić information content (AvgIpc) is 2.78. The third-order valence-electron chi connectivity index (χ3n) is 4.12. The van der Waals surface area contributed by atoms with Crippen LogP contribution < -0.4 is 5.32 Å². The summed E-state index contributed by atoms with van der Waals surface area (Å²) in [4.78, 5) is 15.1. The van der Waals surface area contributed by atoms with Crippen molar-refractivity contribution < 1.29 is 4.79 Å². The van der Waals surface area contributed by atoms with Gasteiger partial charge in [-0.3, -0.25) is 4.79 Å². The molecule has 1 unspecified atom stereocenters. The predicted octanol–water partition coefficient (Wildman–Crippen LogP) is 2.86. The lowest BCUT2D eigenvalue weighted by molar-refractivity contribution is -0.121. The van der Waals surface area contributed by atoms with Crippen LogP contribution in [0.25, 0.3) is 10.9 Å². The second-order valence-electron chi connectivity index (χ2n) is 5.44. The summed E-state index contributed by atoms with van der Waals surface area (Å²) in [5, 5.41) is 4.45. The molecule has 1 aliphatic rings. The molecule has 0 fully saturated rings. The molecule has 2 aromatic rings. The molecule has 1 amide bonds. The van der Waals surface area contributed by atoms with Gasteiger partial charge in [0.15, 0.2) is 0 Å². The fraction of sp³-hybridized carbons (Fsp3) is 0.438. The molecule has 0 aliphatic heterocycles. The molecule has 0 radical (unpaired) electrons. The third kappa shape index (κ3) is 2.14. The Balaban J connectivity index is 1.94. The molecule has 3 heteroatoms. The van der Waals surface area contributed by atoms with Crippen molar-refractivity contribution in [3.63, 3.8) is 0 Å². The van der Waals surface area contributed by atoms with Crippen molar-refractivity contribution >= 4 is 16.8 Å². The molecule has 0 saturated carbocycles. The summed E-state index contributed by atoms with van der Waals surface area (Å²) in [5.74, 6) is 0.157. The molecular weight excluding hydrogens is 236 g/mol. The number of rotatable bonds is 2. The molecule has 0 saturated heterocycles. The van der Waals surface area contributed by atoms with E-state index in [1.807, 2.05) is 6.92 Å². The Bertz CT molecular complexity index is 627. The predicted molar refractivity (Wildman–Crippen MR) is 77.3 cm³/mol. The number of benzene rings is 1. The molecule has 3 rings (SSSR count). The number of carbonyl (C=O) groups excluding carboxylic acids is 1. The average molecular weight is 256 g/mol. The number of para-hydroxylation sites is 1. The van der Waals surface area contributed by atoms with Crippen LogP contribution in [0.3, 0.4) is 0 Å². The zero-order valence-electron chi connectivity index (χ0n) is 11.5. The zero-order valence-corrected chi connectivity index (χ0v) is 11.5. The lowest BCUT2D eigenvalue weighted by Crippen LogP contribution is -2.38. The molecule has 100 valence electrons. The normalized spacial score (nSPS) is 18.3. The van der Waals surface area contributed by atoms with Crippen LogP contribution >= 0.6 is 0 Å². The number of aromatic nitrogens is 1. The summed E-state index contributed by atoms with van der Waals surface area (Å²) in [6.45, 7) is 4.04. The molecule has 0 spiro atoms. The molecule has 3 nitrogen and oxygen atoms in total. The van der Waals surface area contributed by atoms with E-state index in [-0.39, 0.29) is 5.91 Å². The first kappa shape index (κ1) is 12.3. The van der Waals surface area contributed by atoms with Crippen LogP contribution in [-0.2, 0) is 17.6 Å². The Morgan fingerprint density at radius 3 is 3.11 bits per heavy atom. The first-order valence-electron chi connectivity index (χ1n) is 7.07. The Morgan fingerprint density at radius 1 is 1.47 bits per heavy atom. The molecule has 2 N–H and O–H groups in total. The van der Waals surface area contributed by atoms with E-state index in [2.05, 4.69) is 35.4 Å². The first-order chi connectivity index (χ1) is 9.19. The van der Waals surface area contributed by atoms with Gasteiger partial charge in [0.05, 0.1) is 0 Å². The second kappa shape index (κ2) is 4.72. The smallest absolute Gasteiger partial charge is 0.219 e. The molecule has 1 aromatic carbocycles. The van der Waals surface area contributed by atoms with E-state index in [1.54, 1.807) is 0 Å². The topological polar surface area (TPSA) is 44.9 Å². The number of fused-ring (bicyclic) bond motifs is 3. The van der Waals surface area contributed by atoms with Gasteiger partial charge in [-0.15, -0.1) is 0 Å². The van der Waals surface area contributed by atoms with Gasteiger partial charge in [0.25, 0.3) is 0 Å². The van der Waals surface area contributed by atoms with Gasteiger partial charge in [0.2, 0.25) is 5.91 Å². The van der Waals surface area contributed by atoms with Gasteiger partial charge in [-0.2, -0.15) is 0 Å². The number of amides is 1. The summed E-state index contributed by atoms with van der Waals surface area (Å²) in [7, 11) is 0. The van der Waals surface area contributed by atoms with Crippen LogP contribution in [0, 0.1) is 6.92 Å². The first-order valence-corrected chi connectivity index (χ1v) is 7.07. The monoisotopic (exact) mass is 256 g/mol. The minimum absolute atomic E-state index is 0.157. The van der Waals surface area contributed by atoms with Crippen LogP contribution in [0.1, 0.15) is 36.6 Å². The molecule has 1 aliphatic carbocycles. The zero-order chi connectivity index (χ0) is 13.4. The third-order valence-corrected chi connectivity index (χ3v) is 4.12. The van der Waals surface area contributed by atoms with Crippen molar-refractivity contribution in [3.8, 4) is 0 Å². The SMILES string of the molecule is CCC(=O)NC1CCc2[nH]c3c(C)cccc3c2C1. The van der Waals surface area contributed by atoms with Crippen LogP contribution in [0.5, 0.6) is 0 Å². The van der Waals surface area contributed by atoms with E-state index >= 15 is 0 Å². The highest BCUT2D eigenvalue weighted by Gasteiger charge is 2.23. The number of nitrogens with one attached hydrogen (secondary N) is 2. The van der Waals surface area contributed by atoms with Crippen LogP contribution in [0.4, 0.5) is 0 Å². The Labute approximate surface area is 113 Å². The molecule has 19 heavy (non-hydrogen) atoms. The highest BCUT2D eigenvalue weighted by Crippen LogP contribution is 2.30. The molecule has 0 bridgehead atoms. The number of H-pyrrole nitrogens is 1. The van der Waals surface area contributed by atoms with E-state index in [9.17, 15) is 4.79 Å². The summed E-state index contributed by atoms with van der Waals surface area (Å²) in [6, 6.07) is 6.72. The van der Waals surface area contributed by atoms with E-state index < -0.39 is 0 Å². The second-order valence-corrected chi connectivity index (χ2v) is 5.44. The molecular formula is C16H20N2O. The van der Waals surface area contributed by atoms with Gasteiger partial charge in [-0.25, -0.2) is 0 Å². The maximum absolute atomic E-state index is 11.5. The number of aromatic amines is 1. The van der Waals surface area contributed by atoms with E-state index in [0.29, 0.717) is 12.5 Å². The lowest BCUT2D eigenvalue weighted by atomic mass is 9.91. The van der Waals surface area contributed by atoms with Gasteiger partial charge in [-0.05, 0) is 37.3 Å². The van der Waals surface area contributed by atoms with Crippen molar-refractivity contribution in [1.82, 2.24) is 10.3 Å². The Hall–Kier alpha value is -1.77. The molecule has 1 heterocycles. The van der Waals surface area contributed by atoms with Crippen LogP contribution in [0.15, 0.2) is 18.2 Å². The number of hydrogen-bond acceptors (Lipinski definition) is 1. The largest absolute Gasteiger partial charge is 0.358 e. The Kier molecular flexibility index (Phi) is 3.05. The van der Waals surface area contributed by atoms with E-state index in [1.165, 1.54) is 27.7 Å². The highest BCUT2D eigenvalue weighted by molar-refractivity contribution is 5.87. The Morgan fingerprint density at radius 2 is 2.32 bits per heavy atom. The van der Waals surface area contributed by atoms with Crippen molar-refractivity contribution in [2.24, 2.45) is 0 Å². The van der Waals surface area contributed by atoms with Crippen LogP contribution in [0.2, 0.25) is 0 Å². The summed E-state index contributed by atoms with van der Waals surface area (Å²) < 4.78 is 0. The van der Waals surface area contributed by atoms with Crippen LogP contribution in [-0.4, -0.2) is 16.9 Å². The van der Waals surface area contributed by atoms with Crippen molar-refractivity contribution in [3.05, 3.63) is 35.0 Å². The van der Waals surface area contributed by atoms with E-state index in [4.69, 9.17) is 0 Å². The maximum Gasteiger partial charge on any atom is 0.219 e. The van der Waals surface area contributed by atoms with E-state index in [0.717, 1.165) is 19.3 Å². The summed E-state index contributed by atoms with van der Waals surface area (Å²) in [6.07, 6.45) is 3.57. The summed E-state index contributed by atoms with van der Waals surface area (Å²) in [5.41, 5.74) is 5.30. The quantitative estimate of drug-likeness (QED) is 0.852. The fourth-order valence-corrected chi connectivity index (χ4v) is 3.04. The van der Waals surface area contributed by atoms with Gasteiger partial charge < -0.3 is 10.3 Å². The maximum atomic E-state index is 11.5. The van der Waals surface area contributed by atoms with Crippen molar-refractivity contribution in [2.75, 3.05) is 0 Å². The minimum Gasteiger partial charge on any atom is -0.358 e. The highest BCUT2D eigenvalue weighted by atomic mass is 16.1. The van der Waals surface area contributed by atoms with Crippen molar-refractivity contribution in [2.45, 2.75) is 45.6 Å². The molecule has 1 atom stereocenters. The number of carbonyl (C=O) groups is 1. The fourth-order valence-electron chi connectivity index (χ4n) is 3.04. The standard InChI is InChI=1S/C16H20N2O/c1-3-15(19)17-11-7-8-14-13(9-11)12-6-4-5-10(2)16(12)18-14/h4-6,11,18H,3,7-9H2,1-2H3,(H,17,19). The van der Waals surface area contributed by atoms with Gasteiger partial charge in [0, 0.05) is 29.1 Å². The minimum atomic E-state index is 0.157. The number of aryl methyl sites for hydroxylation is 2. The van der Waals surface area contributed by atoms with Gasteiger partial charge >= 0.3 is 0 Å². The number of hydrogen-bond donors (Lipinski definition) is 2. The lowest BCUT2D eigenvalue weighted by Gasteiger charge is -2.23.